The van der Waals surface area contributed by atoms with E-state index in [2.05, 4.69) is 73.0 Å². The Labute approximate surface area is 235 Å². The number of ether oxygens (including phenoxy) is 1. The van der Waals surface area contributed by atoms with Crippen LogP contribution in [0.3, 0.4) is 0 Å². The van der Waals surface area contributed by atoms with Crippen molar-refractivity contribution in [2.45, 2.75) is 123 Å². The Morgan fingerprint density at radius 3 is 1.71 bits per heavy atom. The summed E-state index contributed by atoms with van der Waals surface area (Å²) in [6.45, 7) is 9.64. The smallest absolute Gasteiger partial charge is 0.119 e. The Morgan fingerprint density at radius 2 is 1.05 bits per heavy atom. The summed E-state index contributed by atoms with van der Waals surface area (Å²) in [4.78, 5) is 0. The van der Waals surface area contributed by atoms with Crippen LogP contribution in [-0.2, 0) is 13.0 Å². The first-order chi connectivity index (χ1) is 18.8. The van der Waals surface area contributed by atoms with Gasteiger partial charge in [-0.1, -0.05) is 113 Å². The molecular weight excluding hydrogens is 464 g/mol. The summed E-state index contributed by atoms with van der Waals surface area (Å²) in [6.07, 6.45) is 21.1. The van der Waals surface area contributed by atoms with E-state index in [9.17, 15) is 0 Å². The van der Waals surface area contributed by atoms with Gasteiger partial charge in [0.15, 0.2) is 0 Å². The lowest BCUT2D eigenvalue weighted by atomic mass is 10.1. The fourth-order valence-electron chi connectivity index (χ4n) is 4.85. The third-order valence-corrected chi connectivity index (χ3v) is 7.42. The molecule has 0 unspecified atom stereocenters. The Balaban J connectivity index is 1.33. The average molecular weight is 523 g/mol. The van der Waals surface area contributed by atoms with Crippen molar-refractivity contribution >= 4 is 0 Å². The molecule has 0 atom stereocenters. The Morgan fingerprint density at radius 1 is 0.526 bits per heavy atom. The SMILES string of the molecule is CCCCCCCCCCCCOc1ccc(CCCCNCCCCCNCc2ccc(C)cc2)cc1. The summed E-state index contributed by atoms with van der Waals surface area (Å²) in [5, 5.41) is 7.17. The van der Waals surface area contributed by atoms with Crippen molar-refractivity contribution in [1.29, 1.82) is 0 Å². The van der Waals surface area contributed by atoms with Crippen LogP contribution >= 0.6 is 0 Å². The molecule has 214 valence electrons. The minimum absolute atomic E-state index is 0.853. The van der Waals surface area contributed by atoms with E-state index in [1.54, 1.807) is 0 Å². The van der Waals surface area contributed by atoms with E-state index < -0.39 is 0 Å². The first kappa shape index (κ1) is 32.4. The zero-order chi connectivity index (χ0) is 26.9. The number of aryl methyl sites for hydroxylation is 2. The largest absolute Gasteiger partial charge is 0.494 e. The van der Waals surface area contributed by atoms with Gasteiger partial charge in [0, 0.05) is 6.54 Å². The molecule has 3 heteroatoms. The highest BCUT2D eigenvalue weighted by molar-refractivity contribution is 5.27. The van der Waals surface area contributed by atoms with Crippen LogP contribution in [0.4, 0.5) is 0 Å². The van der Waals surface area contributed by atoms with Crippen LogP contribution in [0.15, 0.2) is 48.5 Å². The molecular formula is C35H58N2O. The fourth-order valence-corrected chi connectivity index (χ4v) is 4.85. The molecule has 2 N–H and O–H groups in total. The van der Waals surface area contributed by atoms with Gasteiger partial charge in [-0.05, 0) is 88.3 Å². The Hall–Kier alpha value is -1.84. The van der Waals surface area contributed by atoms with Crippen LogP contribution in [0.2, 0.25) is 0 Å². The molecule has 0 aliphatic rings. The first-order valence-corrected chi connectivity index (χ1v) is 16.0. The molecule has 0 saturated heterocycles. The summed E-state index contributed by atoms with van der Waals surface area (Å²) in [6, 6.07) is 17.6. The molecule has 0 amide bonds. The van der Waals surface area contributed by atoms with Gasteiger partial charge >= 0.3 is 0 Å². The first-order valence-electron chi connectivity index (χ1n) is 16.0. The third kappa shape index (κ3) is 17.6. The molecule has 0 aromatic heterocycles. The highest BCUT2D eigenvalue weighted by atomic mass is 16.5. The van der Waals surface area contributed by atoms with Crippen molar-refractivity contribution in [2.75, 3.05) is 26.2 Å². The number of unbranched alkanes of at least 4 members (excludes halogenated alkanes) is 12. The van der Waals surface area contributed by atoms with Gasteiger partial charge in [0.25, 0.3) is 0 Å². The van der Waals surface area contributed by atoms with Crippen LogP contribution in [-0.4, -0.2) is 26.2 Å². The van der Waals surface area contributed by atoms with Crippen molar-refractivity contribution < 1.29 is 4.74 Å². The molecule has 0 radical (unpaired) electrons. The summed E-state index contributed by atoms with van der Waals surface area (Å²) < 4.78 is 5.95. The molecule has 0 bridgehead atoms. The van der Waals surface area contributed by atoms with Crippen LogP contribution in [0, 0.1) is 6.92 Å². The topological polar surface area (TPSA) is 33.3 Å². The van der Waals surface area contributed by atoms with Crippen LogP contribution in [0.25, 0.3) is 0 Å². The normalized spacial score (nSPS) is 11.2. The van der Waals surface area contributed by atoms with Crippen molar-refractivity contribution in [2.24, 2.45) is 0 Å². The van der Waals surface area contributed by atoms with E-state index in [4.69, 9.17) is 4.74 Å². The lowest BCUT2D eigenvalue weighted by Crippen LogP contribution is -2.18. The third-order valence-electron chi connectivity index (χ3n) is 7.42. The molecule has 0 aliphatic carbocycles. The zero-order valence-corrected chi connectivity index (χ0v) is 24.9. The highest BCUT2D eigenvalue weighted by Crippen LogP contribution is 2.15. The van der Waals surface area contributed by atoms with Crippen LogP contribution < -0.4 is 15.4 Å². The summed E-state index contributed by atoms with van der Waals surface area (Å²) >= 11 is 0. The second kappa shape index (κ2) is 23.1. The van der Waals surface area contributed by atoms with Gasteiger partial charge < -0.3 is 15.4 Å². The second-order valence-electron chi connectivity index (χ2n) is 11.1. The van der Waals surface area contributed by atoms with Gasteiger partial charge in [-0.3, -0.25) is 0 Å². The van der Waals surface area contributed by atoms with Gasteiger partial charge in [0.2, 0.25) is 0 Å². The maximum Gasteiger partial charge on any atom is 0.119 e. The average Bonchev–Trinajstić information content (AvgIpc) is 2.94. The minimum Gasteiger partial charge on any atom is -0.494 e. The maximum atomic E-state index is 5.95. The van der Waals surface area contributed by atoms with Gasteiger partial charge in [-0.2, -0.15) is 0 Å². The molecule has 2 aromatic carbocycles. The minimum atomic E-state index is 0.853. The van der Waals surface area contributed by atoms with Crippen LogP contribution in [0.5, 0.6) is 5.75 Å². The highest BCUT2D eigenvalue weighted by Gasteiger charge is 1.99. The molecule has 3 nitrogen and oxygen atoms in total. The number of benzene rings is 2. The molecule has 2 rings (SSSR count). The van der Waals surface area contributed by atoms with Crippen molar-refractivity contribution in [3.05, 3.63) is 65.2 Å². The summed E-state index contributed by atoms with van der Waals surface area (Å²) in [7, 11) is 0. The molecule has 0 spiro atoms. The Bertz CT molecular complexity index is 772. The molecule has 38 heavy (non-hydrogen) atoms. The lowest BCUT2D eigenvalue weighted by Gasteiger charge is -2.08. The number of hydrogen-bond acceptors (Lipinski definition) is 3. The summed E-state index contributed by atoms with van der Waals surface area (Å²) in [5.74, 6) is 1.02. The quantitative estimate of drug-likeness (QED) is 0.128. The predicted molar refractivity (Wildman–Crippen MR) is 166 cm³/mol. The van der Waals surface area contributed by atoms with E-state index in [0.717, 1.165) is 45.0 Å². The van der Waals surface area contributed by atoms with E-state index in [1.165, 1.54) is 113 Å². The van der Waals surface area contributed by atoms with Gasteiger partial charge in [0.05, 0.1) is 6.61 Å². The number of rotatable bonds is 25. The second-order valence-corrected chi connectivity index (χ2v) is 11.1. The monoisotopic (exact) mass is 522 g/mol. The van der Waals surface area contributed by atoms with Crippen molar-refractivity contribution in [3.8, 4) is 5.75 Å². The predicted octanol–water partition coefficient (Wildman–Crippen LogP) is 9.17. The van der Waals surface area contributed by atoms with Crippen LogP contribution in [0.1, 0.15) is 120 Å². The summed E-state index contributed by atoms with van der Waals surface area (Å²) in [5.41, 5.74) is 4.13. The lowest BCUT2D eigenvalue weighted by molar-refractivity contribution is 0.304. The number of hydrogen-bond donors (Lipinski definition) is 2. The molecule has 0 fully saturated rings. The van der Waals surface area contributed by atoms with E-state index in [0.29, 0.717) is 0 Å². The van der Waals surface area contributed by atoms with E-state index >= 15 is 0 Å². The van der Waals surface area contributed by atoms with Crippen molar-refractivity contribution in [1.82, 2.24) is 10.6 Å². The molecule has 0 heterocycles. The van der Waals surface area contributed by atoms with E-state index in [1.807, 2.05) is 0 Å². The standard InChI is InChI=1S/C35H58N2O/c1-3-4-5-6-7-8-9-10-11-17-30-38-35-25-23-33(24-26-35)18-13-16-28-36-27-14-12-15-29-37-31-34-21-19-32(2)20-22-34/h19-26,36-37H,3-18,27-31H2,1-2H3. The number of nitrogens with one attached hydrogen (secondary N) is 2. The van der Waals surface area contributed by atoms with Gasteiger partial charge in [0.1, 0.15) is 5.75 Å². The van der Waals surface area contributed by atoms with E-state index in [-0.39, 0.29) is 0 Å². The fraction of sp³-hybridized carbons (Fsp3) is 0.657. The molecule has 0 saturated carbocycles. The van der Waals surface area contributed by atoms with Crippen molar-refractivity contribution in [3.63, 3.8) is 0 Å². The maximum absolute atomic E-state index is 5.95. The van der Waals surface area contributed by atoms with Gasteiger partial charge in [-0.25, -0.2) is 0 Å². The Kier molecular flexibility index (Phi) is 19.7. The zero-order valence-electron chi connectivity index (χ0n) is 24.9. The molecule has 0 aliphatic heterocycles. The molecule has 2 aromatic rings. The van der Waals surface area contributed by atoms with Gasteiger partial charge in [-0.15, -0.1) is 0 Å².